The number of imidazole rings is 1. The molecule has 6 rings (SSSR count). The second-order valence-electron chi connectivity index (χ2n) is 7.60. The highest BCUT2D eigenvalue weighted by Crippen LogP contribution is 2.38. The van der Waals surface area contributed by atoms with Crippen molar-refractivity contribution in [3.05, 3.63) is 48.3 Å². The number of fused-ring (bicyclic) bond motifs is 2. The van der Waals surface area contributed by atoms with E-state index in [4.69, 9.17) is 10.1 Å². The fraction of sp³-hybridized carbons (Fsp3) is 0.333. The van der Waals surface area contributed by atoms with Crippen molar-refractivity contribution in [2.45, 2.75) is 44.9 Å². The zero-order valence-electron chi connectivity index (χ0n) is 15.4. The van der Waals surface area contributed by atoms with E-state index in [2.05, 4.69) is 43.6 Å². The van der Waals surface area contributed by atoms with Gasteiger partial charge in [0.25, 0.3) is 0 Å². The Labute approximate surface area is 161 Å². The van der Waals surface area contributed by atoms with Gasteiger partial charge in [-0.25, -0.2) is 15.0 Å². The lowest BCUT2D eigenvalue weighted by atomic mass is 10.0. The van der Waals surface area contributed by atoms with Crippen molar-refractivity contribution in [2.75, 3.05) is 0 Å². The molecule has 3 aromatic heterocycles. The lowest BCUT2D eigenvalue weighted by Crippen LogP contribution is -1.99. The van der Waals surface area contributed by atoms with Gasteiger partial charge in [-0.3, -0.25) is 4.68 Å². The number of rotatable bonds is 4. The lowest BCUT2D eigenvalue weighted by molar-refractivity contribution is 0.278. The van der Waals surface area contributed by atoms with Crippen LogP contribution in [0, 0.1) is 0 Å². The van der Waals surface area contributed by atoms with E-state index in [1.165, 1.54) is 19.2 Å². The average Bonchev–Trinajstić information content (AvgIpc) is 3.13. The minimum Gasteiger partial charge on any atom is -0.390 e. The molecule has 0 amide bonds. The van der Waals surface area contributed by atoms with E-state index >= 15 is 0 Å². The molecule has 1 aliphatic heterocycles. The van der Waals surface area contributed by atoms with Crippen molar-refractivity contribution < 1.29 is 5.11 Å². The fourth-order valence-electron chi connectivity index (χ4n) is 4.19. The van der Waals surface area contributed by atoms with Crippen LogP contribution in [0.2, 0.25) is 0 Å². The van der Waals surface area contributed by atoms with Gasteiger partial charge in [0, 0.05) is 30.1 Å². The highest BCUT2D eigenvalue weighted by Gasteiger charge is 2.27. The first-order valence-corrected chi connectivity index (χ1v) is 9.81. The minimum absolute atomic E-state index is 0.106. The van der Waals surface area contributed by atoms with E-state index in [0.29, 0.717) is 11.7 Å². The molecule has 1 N–H and O–H groups in total. The van der Waals surface area contributed by atoms with Crippen LogP contribution in [0.3, 0.4) is 0 Å². The molecule has 7 heteroatoms. The van der Waals surface area contributed by atoms with Gasteiger partial charge in [0.15, 0.2) is 0 Å². The van der Waals surface area contributed by atoms with Crippen LogP contribution in [0.15, 0.2) is 36.8 Å². The van der Waals surface area contributed by atoms with Gasteiger partial charge in [-0.2, -0.15) is 5.10 Å². The van der Waals surface area contributed by atoms with Crippen LogP contribution in [-0.4, -0.2) is 34.4 Å². The standard InChI is InChI=1S/C21H20N6O/c28-11-18-15-10-13(3-6-16(15)22-12-23-18)21-20(24-19-2-1-8-26(19)21)17-7-9-27(25-17)14-4-5-14/h3,6-7,9-10,12,14,28H,1-2,4-5,8,11H2. The number of aliphatic hydroxyl groups excluding tert-OH is 1. The zero-order chi connectivity index (χ0) is 18.7. The summed E-state index contributed by atoms with van der Waals surface area (Å²) in [7, 11) is 0. The van der Waals surface area contributed by atoms with E-state index in [-0.39, 0.29) is 6.61 Å². The Bertz CT molecular complexity index is 1200. The summed E-state index contributed by atoms with van der Waals surface area (Å²) in [5, 5.41) is 15.4. The normalized spacial score (nSPS) is 16.0. The van der Waals surface area contributed by atoms with Crippen LogP contribution in [0.1, 0.15) is 36.8 Å². The Hall–Kier alpha value is -3.06. The summed E-state index contributed by atoms with van der Waals surface area (Å²) in [5.41, 5.74) is 5.51. The molecule has 7 nitrogen and oxygen atoms in total. The number of aliphatic hydroxyl groups is 1. The predicted octanol–water partition coefficient (Wildman–Crippen LogP) is 3.13. The predicted molar refractivity (Wildman–Crippen MR) is 104 cm³/mol. The first-order valence-electron chi connectivity index (χ1n) is 9.81. The average molecular weight is 372 g/mol. The molecule has 0 spiro atoms. The third kappa shape index (κ3) is 2.39. The molecule has 0 saturated heterocycles. The molecule has 1 fully saturated rings. The summed E-state index contributed by atoms with van der Waals surface area (Å²) in [5.74, 6) is 1.12. The number of benzene rings is 1. The largest absolute Gasteiger partial charge is 0.390 e. The van der Waals surface area contributed by atoms with Gasteiger partial charge in [-0.05, 0) is 37.5 Å². The Morgan fingerprint density at radius 2 is 2.07 bits per heavy atom. The third-order valence-electron chi connectivity index (χ3n) is 5.74. The number of nitrogens with zero attached hydrogens (tertiary/aromatic N) is 6. The molecule has 2 aliphatic rings. The maximum Gasteiger partial charge on any atom is 0.117 e. The van der Waals surface area contributed by atoms with Crippen molar-refractivity contribution in [3.63, 3.8) is 0 Å². The van der Waals surface area contributed by atoms with Gasteiger partial charge >= 0.3 is 0 Å². The van der Waals surface area contributed by atoms with Gasteiger partial charge in [-0.1, -0.05) is 6.07 Å². The number of hydrogen-bond acceptors (Lipinski definition) is 5. The number of aromatic nitrogens is 6. The molecular formula is C21H20N6O. The van der Waals surface area contributed by atoms with Crippen molar-refractivity contribution in [2.24, 2.45) is 0 Å². The topological polar surface area (TPSA) is 81.7 Å². The Morgan fingerprint density at radius 3 is 2.93 bits per heavy atom. The summed E-state index contributed by atoms with van der Waals surface area (Å²) >= 11 is 0. The van der Waals surface area contributed by atoms with Crippen molar-refractivity contribution in [1.29, 1.82) is 0 Å². The molecule has 28 heavy (non-hydrogen) atoms. The van der Waals surface area contributed by atoms with E-state index in [1.807, 2.05) is 6.07 Å². The van der Waals surface area contributed by atoms with Crippen LogP contribution >= 0.6 is 0 Å². The SMILES string of the molecule is OCc1ncnc2ccc(-c3c(-c4ccn(C5CC5)n4)nc4n3CCC4)cc12. The number of hydrogen-bond donors (Lipinski definition) is 1. The van der Waals surface area contributed by atoms with E-state index in [9.17, 15) is 5.11 Å². The lowest BCUT2D eigenvalue weighted by Gasteiger charge is -2.10. The minimum atomic E-state index is -0.106. The van der Waals surface area contributed by atoms with Crippen molar-refractivity contribution >= 4 is 10.9 Å². The second-order valence-corrected chi connectivity index (χ2v) is 7.60. The van der Waals surface area contributed by atoms with Crippen LogP contribution in [0.25, 0.3) is 33.5 Å². The van der Waals surface area contributed by atoms with Gasteiger partial charge < -0.3 is 9.67 Å². The molecule has 0 bridgehead atoms. The van der Waals surface area contributed by atoms with Crippen LogP contribution in [0.4, 0.5) is 0 Å². The summed E-state index contributed by atoms with van der Waals surface area (Å²) in [6.07, 6.45) is 8.10. The Morgan fingerprint density at radius 1 is 1.14 bits per heavy atom. The van der Waals surface area contributed by atoms with E-state index in [1.54, 1.807) is 0 Å². The molecule has 1 aliphatic carbocycles. The molecule has 0 atom stereocenters. The van der Waals surface area contributed by atoms with Crippen LogP contribution in [-0.2, 0) is 19.6 Å². The first-order chi connectivity index (χ1) is 13.8. The van der Waals surface area contributed by atoms with Crippen molar-refractivity contribution in [3.8, 4) is 22.6 Å². The summed E-state index contributed by atoms with van der Waals surface area (Å²) < 4.78 is 4.39. The summed E-state index contributed by atoms with van der Waals surface area (Å²) in [6.45, 7) is 0.864. The summed E-state index contributed by atoms with van der Waals surface area (Å²) in [4.78, 5) is 13.5. The van der Waals surface area contributed by atoms with Crippen LogP contribution in [0.5, 0.6) is 0 Å². The third-order valence-corrected chi connectivity index (χ3v) is 5.74. The second kappa shape index (κ2) is 5.97. The summed E-state index contributed by atoms with van der Waals surface area (Å²) in [6, 6.07) is 8.78. The Balaban J connectivity index is 1.55. The molecule has 4 heterocycles. The smallest absolute Gasteiger partial charge is 0.117 e. The maximum atomic E-state index is 9.68. The molecule has 1 aromatic carbocycles. The number of aryl methyl sites for hydroxylation is 1. The maximum absolute atomic E-state index is 9.68. The molecule has 4 aromatic rings. The molecule has 1 saturated carbocycles. The monoisotopic (exact) mass is 372 g/mol. The van der Waals surface area contributed by atoms with Gasteiger partial charge in [-0.15, -0.1) is 0 Å². The molecule has 0 unspecified atom stereocenters. The quantitative estimate of drug-likeness (QED) is 0.595. The van der Waals surface area contributed by atoms with Crippen LogP contribution < -0.4 is 0 Å². The van der Waals surface area contributed by atoms with E-state index < -0.39 is 0 Å². The van der Waals surface area contributed by atoms with Gasteiger partial charge in [0.05, 0.1) is 29.6 Å². The highest BCUT2D eigenvalue weighted by atomic mass is 16.3. The molecule has 140 valence electrons. The fourth-order valence-corrected chi connectivity index (χ4v) is 4.19. The van der Waals surface area contributed by atoms with Gasteiger partial charge in [0.1, 0.15) is 23.5 Å². The van der Waals surface area contributed by atoms with E-state index in [0.717, 1.165) is 58.8 Å². The van der Waals surface area contributed by atoms with Gasteiger partial charge in [0.2, 0.25) is 0 Å². The van der Waals surface area contributed by atoms with Crippen molar-refractivity contribution in [1.82, 2.24) is 29.3 Å². The Kier molecular flexibility index (Phi) is 3.40. The first kappa shape index (κ1) is 15.9. The molecular weight excluding hydrogens is 352 g/mol. The molecule has 0 radical (unpaired) electrons. The highest BCUT2D eigenvalue weighted by molar-refractivity contribution is 5.88. The zero-order valence-corrected chi connectivity index (χ0v) is 15.4.